The van der Waals surface area contributed by atoms with Crippen molar-refractivity contribution in [2.75, 3.05) is 33.3 Å². The van der Waals surface area contributed by atoms with Gasteiger partial charge in [0.1, 0.15) is 5.75 Å². The van der Waals surface area contributed by atoms with E-state index in [0.717, 1.165) is 61.7 Å². The zero-order valence-electron chi connectivity index (χ0n) is 16.0. The van der Waals surface area contributed by atoms with Gasteiger partial charge in [0.2, 0.25) is 5.91 Å². The van der Waals surface area contributed by atoms with E-state index in [0.29, 0.717) is 0 Å². The highest BCUT2D eigenvalue weighted by molar-refractivity contribution is 5.81. The summed E-state index contributed by atoms with van der Waals surface area (Å²) < 4.78 is 5.50. The number of ether oxygens (including phenoxy) is 1. The number of carbonyl (C=O) groups excluding carboxylic acids is 1. The van der Waals surface area contributed by atoms with E-state index in [1.54, 1.807) is 7.11 Å². The Morgan fingerprint density at radius 3 is 2.54 bits per heavy atom. The number of aromatic nitrogens is 1. The minimum absolute atomic E-state index is 0.246. The van der Waals surface area contributed by atoms with Crippen LogP contribution in [0.3, 0.4) is 0 Å². The molecule has 1 fully saturated rings. The summed E-state index contributed by atoms with van der Waals surface area (Å²) in [6, 6.07) is 0. The van der Waals surface area contributed by atoms with Crippen molar-refractivity contribution in [2.24, 2.45) is 5.41 Å². The fourth-order valence-corrected chi connectivity index (χ4v) is 3.25. The zero-order chi connectivity index (χ0) is 17.9. The number of methoxy groups -OCH3 is 1. The van der Waals surface area contributed by atoms with E-state index < -0.39 is 0 Å². The largest absolute Gasteiger partial charge is 0.496 e. The number of pyridine rings is 1. The van der Waals surface area contributed by atoms with Crippen LogP contribution in [-0.4, -0.2) is 54.0 Å². The predicted molar refractivity (Wildman–Crippen MR) is 96.2 cm³/mol. The molecule has 2 heterocycles. The zero-order valence-corrected chi connectivity index (χ0v) is 16.0. The first-order valence-electron chi connectivity index (χ1n) is 8.75. The Morgan fingerprint density at radius 1 is 1.21 bits per heavy atom. The third-order valence-electron chi connectivity index (χ3n) is 4.64. The Balaban J connectivity index is 2.04. The molecule has 0 unspecified atom stereocenters. The van der Waals surface area contributed by atoms with E-state index in [1.165, 1.54) is 0 Å². The second-order valence-electron chi connectivity index (χ2n) is 7.72. The molecule has 0 bridgehead atoms. The predicted octanol–water partition coefficient (Wildman–Crippen LogP) is 2.79. The summed E-state index contributed by atoms with van der Waals surface area (Å²) in [5.41, 5.74) is 2.94. The molecule has 0 aliphatic carbocycles. The van der Waals surface area contributed by atoms with Crippen LogP contribution in [0.1, 0.15) is 44.0 Å². The van der Waals surface area contributed by atoms with Gasteiger partial charge in [0.05, 0.1) is 12.8 Å². The van der Waals surface area contributed by atoms with Crippen molar-refractivity contribution >= 4 is 5.91 Å². The van der Waals surface area contributed by atoms with Gasteiger partial charge in [-0.1, -0.05) is 20.8 Å². The number of aryl methyl sites for hydroxylation is 1. The van der Waals surface area contributed by atoms with Gasteiger partial charge < -0.3 is 9.64 Å². The summed E-state index contributed by atoms with van der Waals surface area (Å²) in [6.45, 7) is 14.4. The van der Waals surface area contributed by atoms with E-state index in [4.69, 9.17) is 4.74 Å². The van der Waals surface area contributed by atoms with Crippen molar-refractivity contribution in [1.29, 1.82) is 0 Å². The second-order valence-corrected chi connectivity index (χ2v) is 7.72. The molecule has 1 aromatic heterocycles. The lowest BCUT2D eigenvalue weighted by Crippen LogP contribution is -2.41. The van der Waals surface area contributed by atoms with Crippen LogP contribution in [0.2, 0.25) is 0 Å². The summed E-state index contributed by atoms with van der Waals surface area (Å²) in [7, 11) is 1.71. The van der Waals surface area contributed by atoms with Crippen molar-refractivity contribution in [2.45, 2.75) is 47.6 Å². The van der Waals surface area contributed by atoms with Crippen LogP contribution in [0.5, 0.6) is 5.75 Å². The van der Waals surface area contributed by atoms with E-state index in [2.05, 4.69) is 16.8 Å². The SMILES string of the molecule is COc1c(C)cnc(CN2CCCN(C(=O)C(C)(C)C)CC2)c1C. The fraction of sp³-hybridized carbons (Fsp3) is 0.684. The van der Waals surface area contributed by atoms with Crippen LogP contribution in [0.25, 0.3) is 0 Å². The molecule has 2 rings (SSSR count). The number of amides is 1. The molecule has 24 heavy (non-hydrogen) atoms. The Labute approximate surface area is 146 Å². The van der Waals surface area contributed by atoms with Gasteiger partial charge >= 0.3 is 0 Å². The average molecular weight is 333 g/mol. The van der Waals surface area contributed by atoms with E-state index in [9.17, 15) is 4.79 Å². The van der Waals surface area contributed by atoms with Gasteiger partial charge in [0.25, 0.3) is 0 Å². The molecule has 0 aromatic carbocycles. The quantitative estimate of drug-likeness (QED) is 0.853. The molecule has 1 amide bonds. The van der Waals surface area contributed by atoms with Crippen LogP contribution >= 0.6 is 0 Å². The molecule has 5 heteroatoms. The number of nitrogens with zero attached hydrogens (tertiary/aromatic N) is 3. The molecule has 1 saturated heterocycles. The summed E-state index contributed by atoms with van der Waals surface area (Å²) >= 11 is 0. The Bertz CT molecular complexity index is 593. The van der Waals surface area contributed by atoms with Gasteiger partial charge in [-0.2, -0.15) is 0 Å². The molecule has 0 radical (unpaired) electrons. The molecule has 0 N–H and O–H groups in total. The lowest BCUT2D eigenvalue weighted by atomic mass is 9.94. The maximum Gasteiger partial charge on any atom is 0.227 e. The van der Waals surface area contributed by atoms with Crippen LogP contribution in [0.15, 0.2) is 6.20 Å². The standard InChI is InChI=1S/C19H31N3O2/c1-14-12-20-16(15(2)17(14)24-6)13-21-8-7-9-22(11-10-21)18(23)19(3,4)5/h12H,7-11,13H2,1-6H3. The first-order chi connectivity index (χ1) is 11.2. The van der Waals surface area contributed by atoms with Crippen molar-refractivity contribution < 1.29 is 9.53 Å². The Morgan fingerprint density at radius 2 is 1.92 bits per heavy atom. The highest BCUT2D eigenvalue weighted by Gasteiger charge is 2.28. The number of hydrogen-bond acceptors (Lipinski definition) is 4. The average Bonchev–Trinajstić information content (AvgIpc) is 2.74. The highest BCUT2D eigenvalue weighted by Crippen LogP contribution is 2.25. The smallest absolute Gasteiger partial charge is 0.227 e. The minimum Gasteiger partial charge on any atom is -0.496 e. The molecule has 1 aromatic rings. The van der Waals surface area contributed by atoms with Crippen molar-refractivity contribution in [1.82, 2.24) is 14.8 Å². The minimum atomic E-state index is -0.308. The van der Waals surface area contributed by atoms with Gasteiger partial charge in [-0.3, -0.25) is 14.7 Å². The molecule has 1 aliphatic rings. The molecule has 0 atom stereocenters. The lowest BCUT2D eigenvalue weighted by Gasteiger charge is -2.28. The topological polar surface area (TPSA) is 45.7 Å². The van der Waals surface area contributed by atoms with Gasteiger partial charge in [0.15, 0.2) is 0 Å². The summed E-state index contributed by atoms with van der Waals surface area (Å²) in [4.78, 5) is 21.5. The third kappa shape index (κ3) is 4.26. The van der Waals surface area contributed by atoms with E-state index in [-0.39, 0.29) is 11.3 Å². The maximum atomic E-state index is 12.5. The molecular weight excluding hydrogens is 302 g/mol. The highest BCUT2D eigenvalue weighted by atomic mass is 16.5. The van der Waals surface area contributed by atoms with Crippen molar-refractivity contribution in [3.8, 4) is 5.75 Å². The number of hydrogen-bond donors (Lipinski definition) is 0. The van der Waals surface area contributed by atoms with Gasteiger partial charge in [-0.05, 0) is 20.3 Å². The maximum absolute atomic E-state index is 12.5. The van der Waals surface area contributed by atoms with Crippen LogP contribution in [0.4, 0.5) is 0 Å². The summed E-state index contributed by atoms with van der Waals surface area (Å²) in [5, 5.41) is 0. The van der Waals surface area contributed by atoms with E-state index in [1.807, 2.05) is 38.8 Å². The van der Waals surface area contributed by atoms with Gasteiger partial charge in [-0.15, -0.1) is 0 Å². The van der Waals surface area contributed by atoms with Crippen molar-refractivity contribution in [3.05, 3.63) is 23.0 Å². The first kappa shape index (κ1) is 18.7. The molecule has 0 saturated carbocycles. The molecule has 1 aliphatic heterocycles. The van der Waals surface area contributed by atoms with Crippen LogP contribution in [0, 0.1) is 19.3 Å². The van der Waals surface area contributed by atoms with Crippen LogP contribution < -0.4 is 4.74 Å². The second kappa shape index (κ2) is 7.51. The van der Waals surface area contributed by atoms with E-state index >= 15 is 0 Å². The molecule has 5 nitrogen and oxygen atoms in total. The molecular formula is C19H31N3O2. The van der Waals surface area contributed by atoms with Crippen molar-refractivity contribution in [3.63, 3.8) is 0 Å². The number of carbonyl (C=O) groups is 1. The summed E-state index contributed by atoms with van der Waals surface area (Å²) in [5.74, 6) is 1.18. The first-order valence-corrected chi connectivity index (χ1v) is 8.75. The monoisotopic (exact) mass is 333 g/mol. The lowest BCUT2D eigenvalue weighted by molar-refractivity contribution is -0.139. The Hall–Kier alpha value is -1.62. The van der Waals surface area contributed by atoms with Crippen LogP contribution in [-0.2, 0) is 11.3 Å². The van der Waals surface area contributed by atoms with Gasteiger partial charge in [0, 0.05) is 55.5 Å². The summed E-state index contributed by atoms with van der Waals surface area (Å²) in [6.07, 6.45) is 2.89. The Kier molecular flexibility index (Phi) is 5.86. The normalized spacial score (nSPS) is 16.8. The molecule has 134 valence electrons. The molecule has 0 spiro atoms. The fourth-order valence-electron chi connectivity index (χ4n) is 3.25. The van der Waals surface area contributed by atoms with Gasteiger partial charge in [-0.25, -0.2) is 0 Å². The number of rotatable bonds is 3. The third-order valence-corrected chi connectivity index (χ3v) is 4.64.